The molecule has 0 saturated carbocycles. The van der Waals surface area contributed by atoms with E-state index in [9.17, 15) is 18.0 Å². The largest absolute Gasteiger partial charge is 0.513 e. The monoisotopic (exact) mass is 418 g/mol. The van der Waals surface area contributed by atoms with Crippen LogP contribution in [0.5, 0.6) is 17.2 Å². The summed E-state index contributed by atoms with van der Waals surface area (Å²) >= 11 is 5.96. The third-order valence-corrected chi connectivity index (χ3v) is 4.10. The Labute approximate surface area is 164 Å². The van der Waals surface area contributed by atoms with E-state index >= 15 is 0 Å². The number of hydrogen-bond acceptors (Lipinski definition) is 5. The molecule has 0 aromatic heterocycles. The van der Waals surface area contributed by atoms with Crippen LogP contribution in [-0.2, 0) is 17.5 Å². The van der Waals surface area contributed by atoms with Crippen LogP contribution in [0.1, 0.15) is 23.6 Å². The third kappa shape index (κ3) is 5.22. The van der Waals surface area contributed by atoms with Crippen molar-refractivity contribution in [3.8, 4) is 17.2 Å². The van der Waals surface area contributed by atoms with Crippen molar-refractivity contribution in [3.05, 3.63) is 52.0 Å². The van der Waals surface area contributed by atoms with Gasteiger partial charge in [0.2, 0.25) is 0 Å². The smallest absolute Gasteiger partial charge is 0.493 e. The molecule has 0 spiro atoms. The van der Waals surface area contributed by atoms with Crippen LogP contribution in [0.3, 0.4) is 0 Å². The molecule has 0 heterocycles. The minimum atomic E-state index is -4.63. The molecule has 0 fully saturated rings. The quantitative estimate of drug-likeness (QED) is 0.439. The Morgan fingerprint density at radius 3 is 2.39 bits per heavy atom. The summed E-state index contributed by atoms with van der Waals surface area (Å²) in [6.45, 7) is 3.14. The Kier molecular flexibility index (Phi) is 7.01. The molecular formula is C19H18ClF3O5. The summed E-state index contributed by atoms with van der Waals surface area (Å²) in [7, 11) is 1.13. The number of rotatable bonds is 6. The fourth-order valence-electron chi connectivity index (χ4n) is 2.36. The average molecular weight is 419 g/mol. The lowest BCUT2D eigenvalue weighted by atomic mass is 10.1. The van der Waals surface area contributed by atoms with E-state index in [1.54, 1.807) is 19.1 Å². The molecule has 2 rings (SSSR count). The van der Waals surface area contributed by atoms with E-state index in [0.717, 1.165) is 19.2 Å². The van der Waals surface area contributed by atoms with Gasteiger partial charge < -0.3 is 18.9 Å². The van der Waals surface area contributed by atoms with Gasteiger partial charge in [0.25, 0.3) is 0 Å². The van der Waals surface area contributed by atoms with Crippen molar-refractivity contribution in [1.29, 1.82) is 0 Å². The molecule has 5 nitrogen and oxygen atoms in total. The number of carbonyl (C=O) groups excluding carboxylic acids is 1. The Hall–Kier alpha value is -2.61. The summed E-state index contributed by atoms with van der Waals surface area (Å²) in [6, 6.07) is 6.61. The van der Waals surface area contributed by atoms with Gasteiger partial charge in [-0.15, -0.1) is 0 Å². The molecule has 9 heteroatoms. The lowest BCUT2D eigenvalue weighted by Gasteiger charge is -2.18. The number of benzene rings is 2. The van der Waals surface area contributed by atoms with Gasteiger partial charge in [-0.05, 0) is 43.7 Å². The van der Waals surface area contributed by atoms with Crippen LogP contribution in [0.15, 0.2) is 30.3 Å². The minimum Gasteiger partial charge on any atom is -0.493 e. The van der Waals surface area contributed by atoms with E-state index in [1.807, 2.05) is 0 Å². The van der Waals surface area contributed by atoms with E-state index < -0.39 is 23.6 Å². The first kappa shape index (κ1) is 21.7. The second-order valence-electron chi connectivity index (χ2n) is 5.61. The van der Waals surface area contributed by atoms with Crippen LogP contribution in [-0.4, -0.2) is 19.9 Å². The summed E-state index contributed by atoms with van der Waals surface area (Å²) in [5.74, 6) is -0.0985. The van der Waals surface area contributed by atoms with Crippen molar-refractivity contribution in [2.75, 3.05) is 13.7 Å². The Morgan fingerprint density at radius 2 is 1.79 bits per heavy atom. The van der Waals surface area contributed by atoms with Gasteiger partial charge in [-0.3, -0.25) is 0 Å². The molecule has 0 saturated heterocycles. The molecular weight excluding hydrogens is 401 g/mol. The maximum absolute atomic E-state index is 13.3. The van der Waals surface area contributed by atoms with Gasteiger partial charge in [0, 0.05) is 5.02 Å². The molecule has 0 radical (unpaired) electrons. The molecule has 28 heavy (non-hydrogen) atoms. The zero-order valence-electron chi connectivity index (χ0n) is 15.4. The van der Waals surface area contributed by atoms with E-state index in [4.69, 9.17) is 25.8 Å². The lowest BCUT2D eigenvalue weighted by Crippen LogP contribution is -2.12. The average Bonchev–Trinajstić information content (AvgIpc) is 2.62. The molecule has 0 N–H and O–H groups in total. The van der Waals surface area contributed by atoms with Gasteiger partial charge in [0.1, 0.15) is 23.9 Å². The maximum Gasteiger partial charge on any atom is 0.513 e. The number of aryl methyl sites for hydroxylation is 1. The number of carbonyl (C=O) groups is 1. The highest BCUT2D eigenvalue weighted by Gasteiger charge is 2.35. The summed E-state index contributed by atoms with van der Waals surface area (Å²) in [5, 5.41) is 0.132. The third-order valence-electron chi connectivity index (χ3n) is 3.69. The van der Waals surface area contributed by atoms with Gasteiger partial charge in [-0.2, -0.15) is 13.2 Å². The summed E-state index contributed by atoms with van der Waals surface area (Å²) in [5.41, 5.74) is -0.441. The van der Waals surface area contributed by atoms with E-state index in [2.05, 4.69) is 4.74 Å². The minimum absolute atomic E-state index is 0.0459. The predicted octanol–water partition coefficient (Wildman–Crippen LogP) is 5.79. The zero-order chi connectivity index (χ0) is 20.9. The van der Waals surface area contributed by atoms with Crippen molar-refractivity contribution in [2.45, 2.75) is 26.6 Å². The predicted molar refractivity (Wildman–Crippen MR) is 96.2 cm³/mol. The highest BCUT2D eigenvalue weighted by atomic mass is 35.5. The number of hydrogen-bond donors (Lipinski definition) is 0. The second-order valence-corrected chi connectivity index (χ2v) is 6.01. The Balaban J connectivity index is 2.41. The van der Waals surface area contributed by atoms with Crippen LogP contribution >= 0.6 is 11.6 Å². The first-order valence-corrected chi connectivity index (χ1v) is 8.55. The van der Waals surface area contributed by atoms with Crippen LogP contribution in [0.25, 0.3) is 0 Å². The highest BCUT2D eigenvalue weighted by Crippen LogP contribution is 2.40. The Bertz CT molecular complexity index is 852. The van der Waals surface area contributed by atoms with Gasteiger partial charge in [0.05, 0.1) is 24.8 Å². The van der Waals surface area contributed by atoms with Crippen LogP contribution in [0.4, 0.5) is 18.0 Å². The normalized spacial score (nSPS) is 11.1. The fourth-order valence-corrected chi connectivity index (χ4v) is 2.51. The van der Waals surface area contributed by atoms with Crippen LogP contribution < -0.4 is 14.2 Å². The molecule has 0 unspecified atom stereocenters. The topological polar surface area (TPSA) is 54.0 Å². The highest BCUT2D eigenvalue weighted by molar-refractivity contribution is 6.31. The van der Waals surface area contributed by atoms with Crippen molar-refractivity contribution in [3.63, 3.8) is 0 Å². The first-order valence-electron chi connectivity index (χ1n) is 8.18. The molecule has 0 aliphatic heterocycles. The molecule has 0 atom stereocenters. The zero-order valence-corrected chi connectivity index (χ0v) is 16.1. The molecule has 0 amide bonds. The lowest BCUT2D eigenvalue weighted by molar-refractivity contribution is -0.139. The Morgan fingerprint density at radius 1 is 1.11 bits per heavy atom. The SMILES string of the molecule is CCOc1cccc(OC(=O)OC)c1COc1cc(Cl)c(C)cc1C(F)(F)F. The number of alkyl halides is 3. The number of halogens is 4. The van der Waals surface area contributed by atoms with Crippen molar-refractivity contribution in [1.82, 2.24) is 0 Å². The van der Waals surface area contributed by atoms with Crippen LogP contribution in [0.2, 0.25) is 5.02 Å². The summed E-state index contributed by atoms with van der Waals surface area (Å²) in [6.07, 6.45) is -5.61. The molecule has 0 bridgehead atoms. The van der Waals surface area contributed by atoms with Gasteiger partial charge in [-0.1, -0.05) is 17.7 Å². The van der Waals surface area contributed by atoms with E-state index in [1.165, 1.54) is 13.0 Å². The van der Waals surface area contributed by atoms with E-state index in [0.29, 0.717) is 12.4 Å². The molecule has 0 aliphatic carbocycles. The second kappa shape index (κ2) is 9.05. The molecule has 2 aromatic carbocycles. The van der Waals surface area contributed by atoms with Gasteiger partial charge in [0.15, 0.2) is 0 Å². The first-order chi connectivity index (χ1) is 13.2. The molecule has 152 valence electrons. The molecule has 2 aromatic rings. The van der Waals surface area contributed by atoms with Gasteiger partial charge >= 0.3 is 12.3 Å². The standard InChI is InChI=1S/C19H18ClF3O5/c1-4-26-15-6-5-7-16(28-18(24)25-3)12(15)10-27-17-9-14(20)11(2)8-13(17)19(21,22)23/h5-9H,4,10H2,1-3H3. The fraction of sp³-hybridized carbons (Fsp3) is 0.316. The van der Waals surface area contributed by atoms with Crippen LogP contribution in [0, 0.1) is 6.92 Å². The maximum atomic E-state index is 13.3. The van der Waals surface area contributed by atoms with Crippen molar-refractivity contribution < 1.29 is 36.9 Å². The number of ether oxygens (including phenoxy) is 4. The van der Waals surface area contributed by atoms with E-state index in [-0.39, 0.29) is 28.5 Å². The molecule has 0 aliphatic rings. The van der Waals surface area contributed by atoms with Crippen molar-refractivity contribution in [2.24, 2.45) is 0 Å². The summed E-state index contributed by atoms with van der Waals surface area (Å²) < 4.78 is 60.4. The van der Waals surface area contributed by atoms with Crippen molar-refractivity contribution >= 4 is 17.8 Å². The van der Waals surface area contributed by atoms with Gasteiger partial charge in [-0.25, -0.2) is 4.79 Å². The summed E-state index contributed by atoms with van der Waals surface area (Å²) in [4.78, 5) is 11.5. The number of methoxy groups -OCH3 is 1.